The summed E-state index contributed by atoms with van der Waals surface area (Å²) in [5.41, 5.74) is 3.69. The summed E-state index contributed by atoms with van der Waals surface area (Å²) in [6.45, 7) is 3.31. The van der Waals surface area contributed by atoms with Crippen molar-refractivity contribution in [3.05, 3.63) is 70.9 Å². The number of nitrogens with zero attached hydrogens (tertiary/aromatic N) is 5. The van der Waals surface area contributed by atoms with Crippen molar-refractivity contribution in [1.82, 2.24) is 19.9 Å². The van der Waals surface area contributed by atoms with E-state index >= 15 is 0 Å². The zero-order valence-corrected chi connectivity index (χ0v) is 17.0. The topological polar surface area (TPSA) is 62.2 Å². The molecule has 7 heteroatoms. The van der Waals surface area contributed by atoms with Crippen molar-refractivity contribution in [3.63, 3.8) is 0 Å². The van der Waals surface area contributed by atoms with E-state index in [-0.39, 0.29) is 11.3 Å². The van der Waals surface area contributed by atoms with E-state index in [1.54, 1.807) is 17.9 Å². The molecular formula is C22H23N5OS. The van der Waals surface area contributed by atoms with E-state index in [2.05, 4.69) is 50.2 Å². The Bertz CT molecular complexity index is 965. The Morgan fingerprint density at radius 2 is 1.90 bits per heavy atom. The summed E-state index contributed by atoms with van der Waals surface area (Å²) >= 11 is 1.47. The van der Waals surface area contributed by atoms with Gasteiger partial charge in [-0.05, 0) is 24.5 Å². The largest absolute Gasteiger partial charge is 0.340 e. The van der Waals surface area contributed by atoms with Gasteiger partial charge in [0.15, 0.2) is 0 Å². The highest BCUT2D eigenvalue weighted by Gasteiger charge is 2.53. The van der Waals surface area contributed by atoms with Crippen LogP contribution < -0.4 is 4.90 Å². The predicted octanol–water partition coefficient (Wildman–Crippen LogP) is 3.14. The number of amides is 1. The highest BCUT2D eigenvalue weighted by atomic mass is 32.1. The minimum Gasteiger partial charge on any atom is -0.340 e. The van der Waals surface area contributed by atoms with Crippen molar-refractivity contribution in [2.75, 3.05) is 31.1 Å². The molecule has 2 aliphatic heterocycles. The third kappa shape index (κ3) is 3.51. The van der Waals surface area contributed by atoms with Gasteiger partial charge in [-0.3, -0.25) is 4.79 Å². The fraction of sp³-hybridized carbons (Fsp3) is 0.364. The van der Waals surface area contributed by atoms with Gasteiger partial charge in [-0.25, -0.2) is 15.0 Å². The molecule has 148 valence electrons. The van der Waals surface area contributed by atoms with Crippen molar-refractivity contribution in [2.45, 2.75) is 12.8 Å². The van der Waals surface area contributed by atoms with Gasteiger partial charge in [0.25, 0.3) is 5.91 Å². The lowest BCUT2D eigenvalue weighted by Gasteiger charge is -2.29. The minimum atomic E-state index is 0.0563. The van der Waals surface area contributed by atoms with E-state index in [1.165, 1.54) is 16.9 Å². The zero-order valence-electron chi connectivity index (χ0n) is 16.1. The Morgan fingerprint density at radius 1 is 1.07 bits per heavy atom. The van der Waals surface area contributed by atoms with Crippen molar-refractivity contribution in [3.8, 4) is 0 Å². The first-order valence-corrected chi connectivity index (χ1v) is 10.9. The number of carbonyl (C=O) groups excluding carboxylic acids is 1. The summed E-state index contributed by atoms with van der Waals surface area (Å²) < 4.78 is 0. The van der Waals surface area contributed by atoms with Crippen molar-refractivity contribution in [2.24, 2.45) is 11.3 Å². The van der Waals surface area contributed by atoms with Crippen LogP contribution in [0.5, 0.6) is 0 Å². The molecule has 6 nitrogen and oxygen atoms in total. The highest BCUT2D eigenvalue weighted by Crippen LogP contribution is 2.46. The standard InChI is InChI=1S/C22H23N5OS/c28-20(19-13-29-16-25-19)26-11-18-12-27(21-23-9-4-10-24-21)15-22(18,14-26)8-7-17-5-2-1-3-6-17/h1-6,9-10,13,16,18H,7-8,11-12,14-15H2/t18-,22+/m1/s1. The monoisotopic (exact) mass is 405 g/mol. The Kier molecular flexibility index (Phi) is 4.75. The van der Waals surface area contributed by atoms with Crippen molar-refractivity contribution < 1.29 is 4.79 Å². The lowest BCUT2D eigenvalue weighted by molar-refractivity contribution is 0.0765. The molecule has 1 aromatic carbocycles. The van der Waals surface area contributed by atoms with Crippen LogP contribution in [0, 0.1) is 11.3 Å². The first-order valence-electron chi connectivity index (χ1n) is 9.97. The van der Waals surface area contributed by atoms with E-state index in [0.29, 0.717) is 11.6 Å². The molecule has 2 atom stereocenters. The van der Waals surface area contributed by atoms with Crippen molar-refractivity contribution >= 4 is 23.2 Å². The zero-order chi connectivity index (χ0) is 19.7. The van der Waals surface area contributed by atoms with Gasteiger partial charge >= 0.3 is 0 Å². The molecule has 0 N–H and O–H groups in total. The Morgan fingerprint density at radius 3 is 2.66 bits per heavy atom. The first kappa shape index (κ1) is 18.2. The number of thiazole rings is 1. The molecule has 0 bridgehead atoms. The van der Waals surface area contributed by atoms with E-state index in [0.717, 1.165) is 45.0 Å². The second-order valence-corrected chi connectivity index (χ2v) is 8.75. The lowest BCUT2D eigenvalue weighted by Crippen LogP contribution is -2.37. The number of hydrogen-bond donors (Lipinski definition) is 0. The van der Waals surface area contributed by atoms with Crippen LogP contribution >= 0.6 is 11.3 Å². The second-order valence-electron chi connectivity index (χ2n) is 8.03. The number of aromatic nitrogens is 3. The number of rotatable bonds is 5. The third-order valence-electron chi connectivity index (χ3n) is 6.29. The molecule has 0 spiro atoms. The maximum atomic E-state index is 12.9. The average molecular weight is 406 g/mol. The van der Waals surface area contributed by atoms with Gasteiger partial charge in [-0.2, -0.15) is 0 Å². The smallest absolute Gasteiger partial charge is 0.273 e. The number of benzene rings is 1. The fourth-order valence-corrected chi connectivity index (χ4v) is 5.34. The lowest BCUT2D eigenvalue weighted by atomic mass is 9.76. The van der Waals surface area contributed by atoms with Crippen LogP contribution in [0.2, 0.25) is 0 Å². The number of carbonyl (C=O) groups is 1. The van der Waals surface area contributed by atoms with E-state index in [4.69, 9.17) is 0 Å². The van der Waals surface area contributed by atoms with Gasteiger partial charge in [0.1, 0.15) is 5.69 Å². The molecule has 0 aliphatic carbocycles. The molecule has 5 rings (SSSR count). The summed E-state index contributed by atoms with van der Waals surface area (Å²) in [7, 11) is 0. The third-order valence-corrected chi connectivity index (χ3v) is 6.87. The van der Waals surface area contributed by atoms with Gasteiger partial charge in [0.05, 0.1) is 5.51 Å². The molecule has 29 heavy (non-hydrogen) atoms. The highest BCUT2D eigenvalue weighted by molar-refractivity contribution is 7.07. The van der Waals surface area contributed by atoms with E-state index < -0.39 is 0 Å². The maximum Gasteiger partial charge on any atom is 0.273 e. The summed E-state index contributed by atoms with van der Waals surface area (Å²) in [5.74, 6) is 1.26. The molecule has 2 aliphatic rings. The van der Waals surface area contributed by atoms with Gasteiger partial charge < -0.3 is 9.80 Å². The Labute approximate surface area is 174 Å². The molecule has 2 aromatic heterocycles. The van der Waals surface area contributed by atoms with Crippen LogP contribution in [0.4, 0.5) is 5.95 Å². The van der Waals surface area contributed by atoms with Crippen LogP contribution in [0.1, 0.15) is 22.5 Å². The molecule has 0 radical (unpaired) electrons. The molecule has 0 unspecified atom stereocenters. The average Bonchev–Trinajstić information content (AvgIpc) is 3.48. The fourth-order valence-electron chi connectivity index (χ4n) is 4.82. The molecule has 2 fully saturated rings. The SMILES string of the molecule is O=C(c1cscn1)N1C[C@@H]2CN(c3ncccn3)C[C@]2(CCc2ccccc2)C1. The number of likely N-dealkylation sites (tertiary alicyclic amines) is 1. The number of hydrogen-bond acceptors (Lipinski definition) is 6. The van der Waals surface area contributed by atoms with E-state index in [1.807, 2.05) is 16.3 Å². The molecule has 3 aromatic rings. The van der Waals surface area contributed by atoms with Crippen LogP contribution in [-0.4, -0.2) is 51.9 Å². The summed E-state index contributed by atoms with van der Waals surface area (Å²) in [5, 5.41) is 1.84. The minimum absolute atomic E-state index is 0.0563. The summed E-state index contributed by atoms with van der Waals surface area (Å²) in [6, 6.07) is 12.5. The van der Waals surface area contributed by atoms with Gasteiger partial charge in [0, 0.05) is 55.3 Å². The van der Waals surface area contributed by atoms with Crippen molar-refractivity contribution in [1.29, 1.82) is 0 Å². The second kappa shape index (κ2) is 7.55. The van der Waals surface area contributed by atoms with Gasteiger partial charge in [0.2, 0.25) is 5.95 Å². The van der Waals surface area contributed by atoms with Crippen LogP contribution in [0.25, 0.3) is 0 Å². The summed E-state index contributed by atoms with van der Waals surface area (Å²) in [6.07, 6.45) is 5.65. The van der Waals surface area contributed by atoms with Crippen LogP contribution in [-0.2, 0) is 6.42 Å². The molecule has 4 heterocycles. The number of fused-ring (bicyclic) bond motifs is 1. The molecule has 0 saturated carbocycles. The van der Waals surface area contributed by atoms with Crippen LogP contribution in [0.15, 0.2) is 59.7 Å². The van der Waals surface area contributed by atoms with Gasteiger partial charge in [-0.1, -0.05) is 30.3 Å². The Balaban J connectivity index is 1.38. The normalized spacial score (nSPS) is 23.4. The molecule has 2 saturated heterocycles. The first-order chi connectivity index (χ1) is 14.2. The maximum absolute atomic E-state index is 12.9. The molecule has 1 amide bonds. The molecular weight excluding hydrogens is 382 g/mol. The predicted molar refractivity (Wildman–Crippen MR) is 113 cm³/mol. The number of anilines is 1. The van der Waals surface area contributed by atoms with Crippen LogP contribution in [0.3, 0.4) is 0 Å². The number of aryl methyl sites for hydroxylation is 1. The van der Waals surface area contributed by atoms with E-state index in [9.17, 15) is 4.79 Å². The summed E-state index contributed by atoms with van der Waals surface area (Å²) in [4.78, 5) is 30.4. The Hall–Kier alpha value is -2.80. The quantitative estimate of drug-likeness (QED) is 0.653. The van der Waals surface area contributed by atoms with Gasteiger partial charge in [-0.15, -0.1) is 11.3 Å².